The Bertz CT molecular complexity index is 1250. The Labute approximate surface area is 216 Å². The molecule has 0 aliphatic carbocycles. The Morgan fingerprint density at radius 2 is 2.00 bits per heavy atom. The van der Waals surface area contributed by atoms with E-state index in [9.17, 15) is 23.7 Å². The third kappa shape index (κ3) is 6.89. The topological polar surface area (TPSA) is 141 Å². The highest BCUT2D eigenvalue weighted by atomic mass is 32.1. The molecule has 0 amide bonds. The van der Waals surface area contributed by atoms with Crippen LogP contribution in [0.1, 0.15) is 27.0 Å². The van der Waals surface area contributed by atoms with Crippen LogP contribution < -0.4 is 15.3 Å². The molecule has 1 saturated heterocycles. The number of alkyl halides is 2. The van der Waals surface area contributed by atoms with Gasteiger partial charge in [-0.3, -0.25) is 18.9 Å². The van der Waals surface area contributed by atoms with Gasteiger partial charge in [0, 0.05) is 6.20 Å². The molecule has 3 rings (SSSR count). The maximum Gasteiger partial charge on any atom is 0.459 e. The van der Waals surface area contributed by atoms with Gasteiger partial charge in [0.05, 0.1) is 12.7 Å². The quantitative estimate of drug-likeness (QED) is 0.212. The number of aliphatic hydroxyl groups is 1. The van der Waals surface area contributed by atoms with Crippen LogP contribution >= 0.6 is 20.0 Å². The van der Waals surface area contributed by atoms with Gasteiger partial charge in [0.25, 0.3) is 0 Å². The number of aromatic nitrogens is 2. The van der Waals surface area contributed by atoms with Crippen LogP contribution in [0.2, 0.25) is 0 Å². The molecule has 0 radical (unpaired) electrons. The van der Waals surface area contributed by atoms with Gasteiger partial charge in [0.1, 0.15) is 35.3 Å². The molecule has 1 aliphatic rings. The van der Waals surface area contributed by atoms with Crippen molar-refractivity contribution >= 4 is 25.9 Å². The van der Waals surface area contributed by atoms with E-state index in [4.69, 9.17) is 30.7 Å². The van der Waals surface area contributed by atoms with E-state index < -0.39 is 68.9 Å². The van der Waals surface area contributed by atoms with Gasteiger partial charge in [-0.05, 0) is 39.0 Å². The van der Waals surface area contributed by atoms with Crippen molar-refractivity contribution in [2.45, 2.75) is 57.0 Å². The predicted octanol–water partition coefficient (Wildman–Crippen LogP) is 2.98. The number of para-hydroxylation sites is 1. The fourth-order valence-corrected chi connectivity index (χ4v) is 5.15. The number of benzene rings is 1. The second kappa shape index (κ2) is 11.9. The molecule has 3 N–H and O–H groups in total. The molecule has 0 saturated carbocycles. The Kier molecular flexibility index (Phi) is 9.37. The lowest BCUT2D eigenvalue weighted by atomic mass is 9.97. The first-order chi connectivity index (χ1) is 17.4. The largest absolute Gasteiger partial charge is 0.462 e. The fourth-order valence-electron chi connectivity index (χ4n) is 3.50. The lowest BCUT2D eigenvalue weighted by molar-refractivity contribution is -0.149. The molecule has 15 heteroatoms. The predicted molar refractivity (Wildman–Crippen MR) is 130 cm³/mol. The third-order valence-electron chi connectivity index (χ3n) is 5.30. The first-order valence-electron chi connectivity index (χ1n) is 11.3. The zero-order valence-corrected chi connectivity index (χ0v) is 21.9. The van der Waals surface area contributed by atoms with E-state index in [1.165, 1.54) is 25.1 Å². The molecule has 0 bridgehead atoms. The lowest BCUT2D eigenvalue weighted by Crippen LogP contribution is -2.47. The Balaban J connectivity index is 1.83. The Hall–Kier alpha value is -2.48. The number of rotatable bonds is 11. The van der Waals surface area contributed by atoms with Crippen LogP contribution in [0, 0.1) is 4.64 Å². The first kappa shape index (κ1) is 29.1. The average molecular weight is 564 g/mol. The summed E-state index contributed by atoms with van der Waals surface area (Å²) in [5.41, 5.74) is -3.93. The van der Waals surface area contributed by atoms with E-state index in [-0.39, 0.29) is 10.4 Å². The van der Waals surface area contributed by atoms with Crippen molar-refractivity contribution in [1.82, 2.24) is 14.6 Å². The monoisotopic (exact) mass is 563 g/mol. The number of halogens is 2. The van der Waals surface area contributed by atoms with E-state index in [2.05, 4.69) is 10.1 Å². The number of carbonyl (C=O) groups excluding carboxylic acids is 1. The molecule has 37 heavy (non-hydrogen) atoms. The van der Waals surface area contributed by atoms with Gasteiger partial charge < -0.3 is 19.1 Å². The number of H-pyrrole nitrogens is 1. The summed E-state index contributed by atoms with van der Waals surface area (Å²) in [6.45, 7) is 2.18. The highest BCUT2D eigenvalue weighted by Gasteiger charge is 2.59. The van der Waals surface area contributed by atoms with Crippen LogP contribution in [-0.4, -0.2) is 63.9 Å². The maximum atomic E-state index is 15.5. The number of esters is 1. The van der Waals surface area contributed by atoms with Crippen molar-refractivity contribution in [1.29, 1.82) is 0 Å². The van der Waals surface area contributed by atoms with Crippen molar-refractivity contribution in [2.24, 2.45) is 0 Å². The van der Waals surface area contributed by atoms with Gasteiger partial charge in [-0.15, -0.1) is 0 Å². The minimum absolute atomic E-state index is 0.0552. The number of carbonyl (C=O) groups is 1. The normalized spacial score (nSPS) is 26.0. The molecule has 0 spiro atoms. The number of hydrogen-bond acceptors (Lipinski definition) is 9. The molecule has 2 unspecified atom stereocenters. The van der Waals surface area contributed by atoms with Gasteiger partial charge in [-0.2, -0.15) is 5.09 Å². The summed E-state index contributed by atoms with van der Waals surface area (Å²) in [5.74, 6) is -0.628. The van der Waals surface area contributed by atoms with E-state index in [1.807, 2.05) is 0 Å². The van der Waals surface area contributed by atoms with Crippen molar-refractivity contribution in [2.75, 3.05) is 13.3 Å². The number of nitrogens with zero attached hydrogens (tertiary/aromatic N) is 1. The highest BCUT2D eigenvalue weighted by molar-refractivity contribution is 7.71. The number of nitrogens with one attached hydrogen (secondary N) is 2. The van der Waals surface area contributed by atoms with Crippen molar-refractivity contribution in [3.05, 3.63) is 57.7 Å². The molecule has 204 valence electrons. The van der Waals surface area contributed by atoms with Crippen LogP contribution in [0.5, 0.6) is 5.75 Å². The van der Waals surface area contributed by atoms with Crippen molar-refractivity contribution in [3.63, 3.8) is 0 Å². The summed E-state index contributed by atoms with van der Waals surface area (Å²) in [4.78, 5) is 26.8. The zero-order chi connectivity index (χ0) is 27.4. The summed E-state index contributed by atoms with van der Waals surface area (Å²) in [5, 5.41) is 13.0. The van der Waals surface area contributed by atoms with Crippen LogP contribution in [-0.2, 0) is 23.4 Å². The summed E-state index contributed by atoms with van der Waals surface area (Å²) in [7, 11) is -4.38. The van der Waals surface area contributed by atoms with Crippen LogP contribution in [0.25, 0.3) is 0 Å². The summed E-state index contributed by atoms with van der Waals surface area (Å²) in [6.07, 6.45) is -4.93. The van der Waals surface area contributed by atoms with E-state index in [1.54, 1.807) is 32.0 Å². The van der Waals surface area contributed by atoms with E-state index >= 15 is 4.39 Å². The number of aromatic amines is 1. The van der Waals surface area contributed by atoms with Gasteiger partial charge in [-0.1, -0.05) is 30.4 Å². The molecule has 1 aromatic heterocycles. The third-order valence-corrected chi connectivity index (χ3v) is 7.18. The first-order valence-corrected chi connectivity index (χ1v) is 13.2. The molecule has 6 atom stereocenters. The van der Waals surface area contributed by atoms with Crippen molar-refractivity contribution < 1.29 is 41.8 Å². The smallest absolute Gasteiger partial charge is 0.459 e. The standard InChI is InChI=1S/C22H28F2N3O8PS/c1-13(2)33-19(29)14(3)26-36(31,35-15-7-5-4-6-8-15)32-11-16-18(28)22(24,12-23)20(34-16)27-10-9-17(37)25-21(27)30/h4-10,13-14,16,18,20,28H,11-12H2,1-3H3,(H,26,31)(H,25,30,37)/t14-,16+,18?,20+,22+,36?/m0/s1. The minimum atomic E-state index is -4.38. The lowest BCUT2D eigenvalue weighted by Gasteiger charge is -2.26. The van der Waals surface area contributed by atoms with Crippen LogP contribution in [0.4, 0.5) is 8.78 Å². The number of aliphatic hydroxyl groups excluding tert-OH is 1. The number of ether oxygens (including phenoxy) is 2. The second-order valence-corrected chi connectivity index (χ2v) is 10.7. The number of hydrogen-bond donors (Lipinski definition) is 3. The molecule has 2 aromatic rings. The van der Waals surface area contributed by atoms with Gasteiger partial charge in [-0.25, -0.2) is 18.1 Å². The minimum Gasteiger partial charge on any atom is -0.462 e. The zero-order valence-electron chi connectivity index (χ0n) is 20.2. The molecular weight excluding hydrogens is 535 g/mol. The second-order valence-electron chi connectivity index (χ2n) is 8.58. The Morgan fingerprint density at radius 3 is 2.59 bits per heavy atom. The van der Waals surface area contributed by atoms with E-state index in [0.29, 0.717) is 4.57 Å². The van der Waals surface area contributed by atoms with Gasteiger partial charge in [0.15, 0.2) is 6.23 Å². The fraction of sp³-hybridized carbons (Fsp3) is 0.500. The Morgan fingerprint density at radius 1 is 1.32 bits per heavy atom. The van der Waals surface area contributed by atoms with E-state index in [0.717, 1.165) is 6.20 Å². The highest BCUT2D eigenvalue weighted by Crippen LogP contribution is 2.47. The van der Waals surface area contributed by atoms with Crippen molar-refractivity contribution in [3.8, 4) is 5.75 Å². The summed E-state index contributed by atoms with van der Waals surface area (Å²) < 4.78 is 65.2. The molecule has 1 aromatic carbocycles. The SMILES string of the molecule is CC(C)OC(=O)[C@H](C)NP(=O)(OC[C@H]1O[C@@H](n2ccc(=S)[nH]c2=O)[C@@](F)(CF)C1O)Oc1ccccc1. The molecular formula is C22H28F2N3O8PS. The van der Waals surface area contributed by atoms with Crippen LogP contribution in [0.15, 0.2) is 47.4 Å². The van der Waals surface area contributed by atoms with Crippen LogP contribution in [0.3, 0.4) is 0 Å². The summed E-state index contributed by atoms with van der Waals surface area (Å²) >= 11 is 4.85. The molecule has 2 heterocycles. The average Bonchev–Trinajstić information content (AvgIpc) is 3.08. The molecule has 1 aliphatic heterocycles. The van der Waals surface area contributed by atoms with Gasteiger partial charge in [0.2, 0.25) is 5.67 Å². The maximum absolute atomic E-state index is 15.5. The molecule has 1 fully saturated rings. The summed E-state index contributed by atoms with van der Waals surface area (Å²) in [6, 6.07) is 7.96. The van der Waals surface area contributed by atoms with Gasteiger partial charge >= 0.3 is 19.4 Å². The molecule has 11 nitrogen and oxygen atoms in total.